The molecule has 1 aliphatic heterocycles. The van der Waals surface area contributed by atoms with Crippen molar-refractivity contribution in [3.05, 3.63) is 28.8 Å². The van der Waals surface area contributed by atoms with E-state index < -0.39 is 23.5 Å². The van der Waals surface area contributed by atoms with Crippen LogP contribution in [-0.4, -0.2) is 24.2 Å². The molecule has 0 fully saturated rings. The second-order valence-corrected chi connectivity index (χ2v) is 3.79. The third kappa shape index (κ3) is 1.84. The molecule has 0 radical (unpaired) electrons. The van der Waals surface area contributed by atoms with Crippen molar-refractivity contribution in [2.75, 3.05) is 13.2 Å². The quantitative estimate of drug-likeness (QED) is 0.831. The molecule has 0 spiro atoms. The molecule has 0 aromatic heterocycles. The highest BCUT2D eigenvalue weighted by Gasteiger charge is 2.31. The number of carbonyl (C=O) groups is 1. The van der Waals surface area contributed by atoms with Gasteiger partial charge in [0.05, 0.1) is 12.5 Å². The Morgan fingerprint density at radius 2 is 2.24 bits per heavy atom. The highest BCUT2D eigenvalue weighted by molar-refractivity contribution is 5.77. The largest absolute Gasteiger partial charge is 0.490 e. The van der Waals surface area contributed by atoms with E-state index in [9.17, 15) is 13.6 Å². The molecule has 4 nitrogen and oxygen atoms in total. The molecule has 0 saturated carbocycles. The topological polar surface area (TPSA) is 72.6 Å². The predicted octanol–water partition coefficient (Wildman–Crippen LogP) is 1.03. The Morgan fingerprint density at radius 1 is 1.53 bits per heavy atom. The van der Waals surface area contributed by atoms with E-state index in [2.05, 4.69) is 0 Å². The maximum absolute atomic E-state index is 13.7. The van der Waals surface area contributed by atoms with Crippen LogP contribution in [0.4, 0.5) is 8.78 Å². The van der Waals surface area contributed by atoms with E-state index in [1.165, 1.54) is 0 Å². The van der Waals surface area contributed by atoms with E-state index in [4.69, 9.17) is 15.6 Å². The molecule has 17 heavy (non-hydrogen) atoms. The zero-order valence-corrected chi connectivity index (χ0v) is 8.87. The summed E-state index contributed by atoms with van der Waals surface area (Å²) in [5.74, 6) is -4.15. The zero-order chi connectivity index (χ0) is 12.6. The zero-order valence-electron chi connectivity index (χ0n) is 8.87. The van der Waals surface area contributed by atoms with Crippen molar-refractivity contribution < 1.29 is 23.4 Å². The summed E-state index contributed by atoms with van der Waals surface area (Å²) in [5, 5.41) is 8.97. The molecule has 3 N–H and O–H groups in total. The van der Waals surface area contributed by atoms with Gasteiger partial charge in [-0.05, 0) is 0 Å². The summed E-state index contributed by atoms with van der Waals surface area (Å²) in [6.45, 7) is -0.0239. The summed E-state index contributed by atoms with van der Waals surface area (Å²) in [6, 6.07) is 0.644. The molecule has 2 rings (SSSR count). The number of carboxylic acid groups (broad SMARTS) is 1. The Labute approximate surface area is 96.0 Å². The van der Waals surface area contributed by atoms with Gasteiger partial charge in [0.1, 0.15) is 5.82 Å². The Morgan fingerprint density at radius 3 is 2.82 bits per heavy atom. The maximum Gasteiger partial charge on any atom is 0.312 e. The number of halogens is 2. The van der Waals surface area contributed by atoms with Crippen LogP contribution >= 0.6 is 0 Å². The average Bonchev–Trinajstić information content (AvgIpc) is 2.72. The van der Waals surface area contributed by atoms with Gasteiger partial charge in [0.25, 0.3) is 0 Å². The van der Waals surface area contributed by atoms with Crippen LogP contribution < -0.4 is 10.5 Å². The number of aliphatic carboxylic acids is 1. The van der Waals surface area contributed by atoms with Crippen molar-refractivity contribution in [3.8, 4) is 5.75 Å². The van der Waals surface area contributed by atoms with Crippen LogP contribution in [0.25, 0.3) is 0 Å². The van der Waals surface area contributed by atoms with E-state index in [0.717, 1.165) is 0 Å². The van der Waals surface area contributed by atoms with E-state index >= 15 is 0 Å². The Bertz CT molecular complexity index is 476. The van der Waals surface area contributed by atoms with E-state index in [-0.39, 0.29) is 30.0 Å². The molecule has 0 saturated heterocycles. The summed E-state index contributed by atoms with van der Waals surface area (Å²) < 4.78 is 32.1. The molecule has 1 heterocycles. The molecule has 1 aromatic carbocycles. The van der Waals surface area contributed by atoms with E-state index in [0.29, 0.717) is 12.5 Å². The smallest absolute Gasteiger partial charge is 0.312 e. The number of nitrogens with two attached hydrogens (primary N) is 1. The van der Waals surface area contributed by atoms with Crippen molar-refractivity contribution in [3.63, 3.8) is 0 Å². The molecule has 0 bridgehead atoms. The molecule has 1 aliphatic rings. The lowest BCUT2D eigenvalue weighted by atomic mass is 9.92. The molecule has 0 aliphatic carbocycles. The first kappa shape index (κ1) is 11.8. The standard InChI is InChI=1S/C11H11F2NO3/c12-7-3-8(13)10-5(1-2-17-10)9(7)6(4-14)11(15)16/h3,6H,1-2,4,14H2,(H,15,16). The van der Waals surface area contributed by atoms with Crippen LogP contribution in [0, 0.1) is 11.6 Å². The SMILES string of the molecule is NCC(C(=O)O)c1c(F)cc(F)c2c1CCO2. The van der Waals surface area contributed by atoms with Gasteiger partial charge in [0, 0.05) is 30.2 Å². The van der Waals surface area contributed by atoms with Gasteiger partial charge < -0.3 is 15.6 Å². The van der Waals surface area contributed by atoms with E-state index in [1.54, 1.807) is 0 Å². The molecule has 0 amide bonds. The highest BCUT2D eigenvalue weighted by Crippen LogP contribution is 2.36. The van der Waals surface area contributed by atoms with Crippen molar-refractivity contribution in [1.29, 1.82) is 0 Å². The number of carboxylic acids is 1. The Hall–Kier alpha value is -1.69. The number of hydrogen-bond donors (Lipinski definition) is 2. The van der Waals surface area contributed by atoms with Crippen LogP contribution in [0.1, 0.15) is 17.0 Å². The molecular weight excluding hydrogens is 232 g/mol. The molecule has 1 atom stereocenters. The summed E-state index contributed by atoms with van der Waals surface area (Å²) >= 11 is 0. The number of fused-ring (bicyclic) bond motifs is 1. The fraction of sp³-hybridized carbons (Fsp3) is 0.364. The molecule has 1 unspecified atom stereocenters. The van der Waals surface area contributed by atoms with Gasteiger partial charge >= 0.3 is 5.97 Å². The van der Waals surface area contributed by atoms with Crippen molar-refractivity contribution in [1.82, 2.24) is 0 Å². The monoisotopic (exact) mass is 243 g/mol. The van der Waals surface area contributed by atoms with Gasteiger partial charge in [-0.1, -0.05) is 0 Å². The lowest BCUT2D eigenvalue weighted by Crippen LogP contribution is -2.23. The van der Waals surface area contributed by atoms with Crippen LogP contribution in [-0.2, 0) is 11.2 Å². The fourth-order valence-corrected chi connectivity index (χ4v) is 2.04. The maximum atomic E-state index is 13.7. The number of rotatable bonds is 3. The number of hydrogen-bond acceptors (Lipinski definition) is 3. The lowest BCUT2D eigenvalue weighted by molar-refractivity contribution is -0.138. The molecular formula is C11H11F2NO3. The lowest BCUT2D eigenvalue weighted by Gasteiger charge is -2.15. The minimum absolute atomic E-state index is 0.0545. The van der Waals surface area contributed by atoms with Crippen LogP contribution in [0.15, 0.2) is 6.07 Å². The van der Waals surface area contributed by atoms with Crippen molar-refractivity contribution >= 4 is 5.97 Å². The first-order chi connectivity index (χ1) is 8.06. The Balaban J connectivity index is 2.61. The van der Waals surface area contributed by atoms with Gasteiger partial charge in [0.15, 0.2) is 11.6 Å². The second-order valence-electron chi connectivity index (χ2n) is 3.79. The average molecular weight is 243 g/mol. The molecule has 6 heteroatoms. The van der Waals surface area contributed by atoms with Crippen LogP contribution in [0.5, 0.6) is 5.75 Å². The van der Waals surface area contributed by atoms with Crippen LogP contribution in [0.3, 0.4) is 0 Å². The third-order valence-corrected chi connectivity index (χ3v) is 2.81. The van der Waals surface area contributed by atoms with Gasteiger partial charge in [-0.3, -0.25) is 4.79 Å². The minimum Gasteiger partial charge on any atom is -0.490 e. The van der Waals surface area contributed by atoms with Crippen LogP contribution in [0.2, 0.25) is 0 Å². The van der Waals surface area contributed by atoms with Crippen molar-refractivity contribution in [2.24, 2.45) is 5.73 Å². The summed E-state index contributed by atoms with van der Waals surface area (Å²) in [4.78, 5) is 11.0. The summed E-state index contributed by atoms with van der Waals surface area (Å²) in [5.41, 5.74) is 5.54. The molecule has 1 aromatic rings. The normalized spacial score (nSPS) is 15.2. The first-order valence-corrected chi connectivity index (χ1v) is 5.12. The number of ether oxygens (including phenoxy) is 1. The highest BCUT2D eigenvalue weighted by atomic mass is 19.1. The number of benzene rings is 1. The Kier molecular flexibility index (Phi) is 2.97. The fourth-order valence-electron chi connectivity index (χ4n) is 2.04. The summed E-state index contributed by atoms with van der Waals surface area (Å²) in [6.07, 6.45) is 0.295. The third-order valence-electron chi connectivity index (χ3n) is 2.81. The van der Waals surface area contributed by atoms with E-state index in [1.807, 2.05) is 0 Å². The van der Waals surface area contributed by atoms with Crippen molar-refractivity contribution in [2.45, 2.75) is 12.3 Å². The van der Waals surface area contributed by atoms with Gasteiger partial charge in [-0.15, -0.1) is 0 Å². The predicted molar refractivity (Wildman–Crippen MR) is 55.0 cm³/mol. The van der Waals surface area contributed by atoms with Gasteiger partial charge in [-0.2, -0.15) is 0 Å². The van der Waals surface area contributed by atoms with Gasteiger partial charge in [-0.25, -0.2) is 8.78 Å². The summed E-state index contributed by atoms with van der Waals surface area (Å²) in [7, 11) is 0. The second kappa shape index (κ2) is 4.29. The van der Waals surface area contributed by atoms with Gasteiger partial charge in [0.2, 0.25) is 0 Å². The first-order valence-electron chi connectivity index (χ1n) is 5.12. The minimum atomic E-state index is -1.23. The molecule has 92 valence electrons.